The molecule has 0 bridgehead atoms. The number of carbonyl (C=O) groups is 2. The Hall–Kier alpha value is -3.49. The van der Waals surface area contributed by atoms with E-state index < -0.39 is 16.1 Å². The normalized spacial score (nSPS) is 15.2. The summed E-state index contributed by atoms with van der Waals surface area (Å²) < 4.78 is 27.5. The number of hydrogen-bond donors (Lipinski definition) is 2. The Kier molecular flexibility index (Phi) is 7.94. The van der Waals surface area contributed by atoms with Crippen molar-refractivity contribution in [3.05, 3.63) is 96.1 Å². The Labute approximate surface area is 206 Å². The summed E-state index contributed by atoms with van der Waals surface area (Å²) in [7, 11) is -3.61. The van der Waals surface area contributed by atoms with Gasteiger partial charge in [-0.1, -0.05) is 61.0 Å². The van der Waals surface area contributed by atoms with Crippen molar-refractivity contribution in [3.8, 4) is 0 Å². The van der Waals surface area contributed by atoms with Gasteiger partial charge in [0.2, 0.25) is 15.9 Å². The zero-order valence-electron chi connectivity index (χ0n) is 19.4. The van der Waals surface area contributed by atoms with Crippen LogP contribution in [-0.2, 0) is 14.8 Å². The summed E-state index contributed by atoms with van der Waals surface area (Å²) in [6.07, 6.45) is 2.73. The van der Waals surface area contributed by atoms with E-state index in [1.807, 2.05) is 36.4 Å². The third-order valence-electron chi connectivity index (χ3n) is 6.00. The number of nitrogens with zero attached hydrogens (tertiary/aromatic N) is 1. The van der Waals surface area contributed by atoms with Crippen molar-refractivity contribution in [1.29, 1.82) is 0 Å². The SMILES string of the molecule is O=C(C[C@@H](NC(=O)c1ccccc1)c1ccccc1)Nc1cccc(S(=O)(=O)N2CCCCC2)c1. The van der Waals surface area contributed by atoms with E-state index >= 15 is 0 Å². The van der Waals surface area contributed by atoms with E-state index in [2.05, 4.69) is 10.6 Å². The van der Waals surface area contributed by atoms with Crippen LogP contribution in [0.15, 0.2) is 89.8 Å². The first kappa shape index (κ1) is 24.6. The van der Waals surface area contributed by atoms with Gasteiger partial charge in [-0.25, -0.2) is 8.42 Å². The molecule has 4 rings (SSSR count). The maximum atomic E-state index is 13.0. The molecular weight excluding hydrogens is 462 g/mol. The lowest BCUT2D eigenvalue weighted by molar-refractivity contribution is -0.116. The van der Waals surface area contributed by atoms with Gasteiger partial charge in [-0.15, -0.1) is 0 Å². The van der Waals surface area contributed by atoms with Gasteiger partial charge in [0.25, 0.3) is 5.91 Å². The first-order valence-electron chi connectivity index (χ1n) is 11.7. The van der Waals surface area contributed by atoms with Gasteiger partial charge < -0.3 is 10.6 Å². The summed E-state index contributed by atoms with van der Waals surface area (Å²) >= 11 is 0. The molecule has 1 heterocycles. The van der Waals surface area contributed by atoms with Crippen LogP contribution in [0.25, 0.3) is 0 Å². The second kappa shape index (κ2) is 11.3. The Morgan fingerprint density at radius 3 is 2.17 bits per heavy atom. The number of rotatable bonds is 8. The summed E-state index contributed by atoms with van der Waals surface area (Å²) in [6, 6.07) is 23.9. The molecule has 3 aromatic carbocycles. The van der Waals surface area contributed by atoms with Crippen LogP contribution < -0.4 is 10.6 Å². The molecule has 0 aromatic heterocycles. The highest BCUT2D eigenvalue weighted by Gasteiger charge is 2.26. The van der Waals surface area contributed by atoms with E-state index in [4.69, 9.17) is 0 Å². The minimum absolute atomic E-state index is 0.00824. The molecule has 0 radical (unpaired) electrons. The molecule has 0 aliphatic carbocycles. The molecule has 8 heteroatoms. The molecule has 2 amide bonds. The van der Waals surface area contributed by atoms with Crippen LogP contribution in [0, 0.1) is 0 Å². The van der Waals surface area contributed by atoms with E-state index in [9.17, 15) is 18.0 Å². The van der Waals surface area contributed by atoms with E-state index in [0.29, 0.717) is 24.3 Å². The first-order valence-corrected chi connectivity index (χ1v) is 13.2. The van der Waals surface area contributed by atoms with Crippen LogP contribution in [0.4, 0.5) is 5.69 Å². The second-order valence-corrected chi connectivity index (χ2v) is 10.5. The molecule has 1 fully saturated rings. The molecule has 3 aromatic rings. The zero-order valence-corrected chi connectivity index (χ0v) is 20.2. The molecule has 1 saturated heterocycles. The predicted molar refractivity (Wildman–Crippen MR) is 135 cm³/mol. The summed E-state index contributed by atoms with van der Waals surface area (Å²) in [6.45, 7) is 1.03. The average Bonchev–Trinajstić information content (AvgIpc) is 2.90. The summed E-state index contributed by atoms with van der Waals surface area (Å²) in [5, 5.41) is 5.74. The lowest BCUT2D eigenvalue weighted by Crippen LogP contribution is -2.35. The van der Waals surface area contributed by atoms with Crippen molar-refractivity contribution in [2.24, 2.45) is 0 Å². The predicted octanol–water partition coefficient (Wildman–Crippen LogP) is 4.36. The largest absolute Gasteiger partial charge is 0.345 e. The van der Waals surface area contributed by atoms with Crippen molar-refractivity contribution in [2.45, 2.75) is 36.6 Å². The Morgan fingerprint density at radius 2 is 1.49 bits per heavy atom. The number of carbonyl (C=O) groups excluding carboxylic acids is 2. The highest BCUT2D eigenvalue weighted by molar-refractivity contribution is 7.89. The molecule has 1 aliphatic heterocycles. The highest BCUT2D eigenvalue weighted by atomic mass is 32.2. The topological polar surface area (TPSA) is 95.6 Å². The lowest BCUT2D eigenvalue weighted by Gasteiger charge is -2.26. The zero-order chi connectivity index (χ0) is 24.7. The lowest BCUT2D eigenvalue weighted by atomic mass is 10.0. The van der Waals surface area contributed by atoms with Crippen molar-refractivity contribution in [2.75, 3.05) is 18.4 Å². The maximum absolute atomic E-state index is 13.0. The van der Waals surface area contributed by atoms with E-state index in [-0.39, 0.29) is 23.1 Å². The molecule has 35 heavy (non-hydrogen) atoms. The van der Waals surface area contributed by atoms with Gasteiger partial charge >= 0.3 is 0 Å². The van der Waals surface area contributed by atoms with Crippen molar-refractivity contribution in [3.63, 3.8) is 0 Å². The molecule has 0 unspecified atom stereocenters. The molecular formula is C27H29N3O4S. The maximum Gasteiger partial charge on any atom is 0.251 e. The minimum atomic E-state index is -3.61. The molecule has 1 aliphatic rings. The number of benzene rings is 3. The van der Waals surface area contributed by atoms with Gasteiger partial charge in [-0.05, 0) is 48.7 Å². The Morgan fingerprint density at radius 1 is 0.829 bits per heavy atom. The van der Waals surface area contributed by atoms with E-state index in [0.717, 1.165) is 24.8 Å². The highest BCUT2D eigenvalue weighted by Crippen LogP contribution is 2.24. The van der Waals surface area contributed by atoms with Gasteiger partial charge in [0.15, 0.2) is 0 Å². The summed E-state index contributed by atoms with van der Waals surface area (Å²) in [4.78, 5) is 25.9. The van der Waals surface area contributed by atoms with Gasteiger partial charge in [0, 0.05) is 24.3 Å². The van der Waals surface area contributed by atoms with Crippen LogP contribution in [0.2, 0.25) is 0 Å². The third kappa shape index (κ3) is 6.35. The molecule has 0 saturated carbocycles. The number of hydrogen-bond acceptors (Lipinski definition) is 4. The van der Waals surface area contributed by atoms with Gasteiger partial charge in [0.1, 0.15) is 0 Å². The third-order valence-corrected chi connectivity index (χ3v) is 7.90. The quantitative estimate of drug-likeness (QED) is 0.489. The molecule has 1 atom stereocenters. The van der Waals surface area contributed by atoms with Crippen LogP contribution in [0.5, 0.6) is 0 Å². The standard InChI is InChI=1S/C27H29N3O4S/c31-26(28-23-15-10-16-24(19-23)35(33,34)30-17-8-3-9-18-30)20-25(21-11-4-1-5-12-21)29-27(32)22-13-6-2-7-14-22/h1-2,4-7,10-16,19,25H,3,8-9,17-18,20H2,(H,28,31)(H,29,32)/t25-/m1/s1. The van der Waals surface area contributed by atoms with Crippen LogP contribution in [0.3, 0.4) is 0 Å². The van der Waals surface area contributed by atoms with Crippen LogP contribution >= 0.6 is 0 Å². The summed E-state index contributed by atoms with van der Waals surface area (Å²) in [5.41, 5.74) is 1.70. The van der Waals surface area contributed by atoms with E-state index in [1.54, 1.807) is 42.5 Å². The fourth-order valence-electron chi connectivity index (χ4n) is 4.15. The van der Waals surface area contributed by atoms with Gasteiger partial charge in [0.05, 0.1) is 17.4 Å². The molecule has 0 spiro atoms. The van der Waals surface area contributed by atoms with Crippen molar-refractivity contribution < 1.29 is 18.0 Å². The van der Waals surface area contributed by atoms with Crippen LogP contribution in [0.1, 0.15) is 47.6 Å². The fourth-order valence-corrected chi connectivity index (χ4v) is 5.72. The van der Waals surface area contributed by atoms with Gasteiger partial charge in [-0.2, -0.15) is 4.31 Å². The Bertz CT molecular complexity index is 1260. The Balaban J connectivity index is 1.48. The summed E-state index contributed by atoms with van der Waals surface area (Å²) in [5.74, 6) is -0.610. The molecule has 7 nitrogen and oxygen atoms in total. The number of amides is 2. The van der Waals surface area contributed by atoms with Crippen molar-refractivity contribution in [1.82, 2.24) is 9.62 Å². The van der Waals surface area contributed by atoms with Crippen LogP contribution in [-0.4, -0.2) is 37.6 Å². The smallest absolute Gasteiger partial charge is 0.251 e. The molecule has 2 N–H and O–H groups in total. The molecule has 182 valence electrons. The number of sulfonamides is 1. The fraction of sp³-hybridized carbons (Fsp3) is 0.259. The number of anilines is 1. The van der Waals surface area contributed by atoms with E-state index in [1.165, 1.54) is 10.4 Å². The monoisotopic (exact) mass is 491 g/mol. The van der Waals surface area contributed by atoms with Crippen molar-refractivity contribution >= 4 is 27.5 Å². The minimum Gasteiger partial charge on any atom is -0.345 e. The number of nitrogens with one attached hydrogen (secondary N) is 2. The number of piperidine rings is 1. The van der Waals surface area contributed by atoms with Gasteiger partial charge in [-0.3, -0.25) is 9.59 Å². The second-order valence-electron chi connectivity index (χ2n) is 8.55. The average molecular weight is 492 g/mol. The first-order chi connectivity index (χ1) is 16.9.